The molecule has 2 aromatic heterocycles. The number of hydrogen-bond donors (Lipinski definition) is 1. The number of amides is 1. The summed E-state index contributed by atoms with van der Waals surface area (Å²) in [4.78, 5) is 17.3. The van der Waals surface area contributed by atoms with Gasteiger partial charge in [0, 0.05) is 18.3 Å². The molecule has 0 fully saturated rings. The molecule has 0 unspecified atom stereocenters. The van der Waals surface area contributed by atoms with Crippen molar-refractivity contribution < 1.29 is 9.53 Å². The molecule has 3 aromatic carbocycles. The SMILES string of the molecule is COc1ccccc1-c1nnc(SCC(=O)Nc2ccc(-c3nc4ccc(C)cc4s3)cc2)n1C. The van der Waals surface area contributed by atoms with Crippen molar-refractivity contribution in [3.63, 3.8) is 0 Å². The van der Waals surface area contributed by atoms with Crippen molar-refractivity contribution >= 4 is 44.9 Å². The number of aryl methyl sites for hydroxylation is 1. The van der Waals surface area contributed by atoms with E-state index in [-0.39, 0.29) is 11.7 Å². The topological polar surface area (TPSA) is 81.9 Å². The lowest BCUT2D eigenvalue weighted by atomic mass is 10.2. The van der Waals surface area contributed by atoms with Gasteiger partial charge < -0.3 is 14.6 Å². The average Bonchev–Trinajstić information content (AvgIpc) is 3.46. The fourth-order valence-electron chi connectivity index (χ4n) is 3.68. The molecule has 0 saturated carbocycles. The number of thioether (sulfide) groups is 1. The summed E-state index contributed by atoms with van der Waals surface area (Å²) < 4.78 is 8.47. The number of hydrogen-bond acceptors (Lipinski definition) is 7. The van der Waals surface area contributed by atoms with Gasteiger partial charge >= 0.3 is 0 Å². The van der Waals surface area contributed by atoms with E-state index in [0.29, 0.717) is 11.0 Å². The maximum Gasteiger partial charge on any atom is 0.234 e. The van der Waals surface area contributed by atoms with E-state index in [0.717, 1.165) is 33.1 Å². The number of para-hydroxylation sites is 1. The molecule has 0 aliphatic heterocycles. The van der Waals surface area contributed by atoms with E-state index >= 15 is 0 Å². The van der Waals surface area contributed by atoms with Crippen LogP contribution in [0, 0.1) is 6.92 Å². The van der Waals surface area contributed by atoms with E-state index in [1.54, 1.807) is 18.4 Å². The molecule has 176 valence electrons. The first-order valence-electron chi connectivity index (χ1n) is 10.9. The molecule has 7 nitrogen and oxygen atoms in total. The highest BCUT2D eigenvalue weighted by Crippen LogP contribution is 2.32. The van der Waals surface area contributed by atoms with Crippen LogP contribution in [0.15, 0.2) is 71.9 Å². The highest BCUT2D eigenvalue weighted by molar-refractivity contribution is 7.99. The molecule has 5 aromatic rings. The third kappa shape index (κ3) is 4.91. The van der Waals surface area contributed by atoms with Crippen molar-refractivity contribution in [2.75, 3.05) is 18.2 Å². The first kappa shape index (κ1) is 23.1. The van der Waals surface area contributed by atoms with E-state index in [1.807, 2.05) is 66.2 Å². The standard InChI is InChI=1S/C26H23N5O2S2/c1-16-8-13-20-22(14-16)35-25(28-20)17-9-11-18(12-10-17)27-23(32)15-34-26-30-29-24(31(26)2)19-6-4-5-7-21(19)33-3/h4-14H,15H2,1-3H3,(H,27,32). The molecule has 5 rings (SSSR count). The number of carbonyl (C=O) groups is 1. The van der Waals surface area contributed by atoms with Gasteiger partial charge in [-0.15, -0.1) is 21.5 Å². The summed E-state index contributed by atoms with van der Waals surface area (Å²) in [6.45, 7) is 2.08. The maximum atomic E-state index is 12.6. The number of methoxy groups -OCH3 is 1. The van der Waals surface area contributed by atoms with Gasteiger partial charge in [-0.1, -0.05) is 30.0 Å². The highest BCUT2D eigenvalue weighted by atomic mass is 32.2. The highest BCUT2D eigenvalue weighted by Gasteiger charge is 2.16. The molecule has 1 amide bonds. The second-order valence-corrected chi connectivity index (χ2v) is 9.94. The molecule has 0 saturated heterocycles. The van der Waals surface area contributed by atoms with Gasteiger partial charge in [0.05, 0.1) is 28.6 Å². The van der Waals surface area contributed by atoms with Crippen molar-refractivity contribution in [1.82, 2.24) is 19.7 Å². The minimum absolute atomic E-state index is 0.111. The van der Waals surface area contributed by atoms with Gasteiger partial charge in [0.25, 0.3) is 0 Å². The summed E-state index contributed by atoms with van der Waals surface area (Å²) in [5.41, 5.74) is 4.84. The number of benzene rings is 3. The Morgan fingerprint density at radius 2 is 1.89 bits per heavy atom. The molecule has 0 radical (unpaired) electrons. The van der Waals surface area contributed by atoms with Crippen LogP contribution >= 0.6 is 23.1 Å². The third-order valence-electron chi connectivity index (χ3n) is 5.47. The molecular weight excluding hydrogens is 478 g/mol. The monoisotopic (exact) mass is 501 g/mol. The van der Waals surface area contributed by atoms with Crippen molar-refractivity contribution in [2.45, 2.75) is 12.1 Å². The molecule has 0 atom stereocenters. The molecule has 35 heavy (non-hydrogen) atoms. The van der Waals surface area contributed by atoms with Gasteiger partial charge in [-0.3, -0.25) is 4.79 Å². The van der Waals surface area contributed by atoms with Crippen molar-refractivity contribution in [3.8, 4) is 27.7 Å². The Morgan fingerprint density at radius 3 is 2.69 bits per heavy atom. The first-order chi connectivity index (χ1) is 17.0. The summed E-state index contributed by atoms with van der Waals surface area (Å²) in [6, 6.07) is 21.7. The van der Waals surface area contributed by atoms with Crippen LogP contribution in [-0.2, 0) is 11.8 Å². The summed E-state index contributed by atoms with van der Waals surface area (Å²) in [6.07, 6.45) is 0. The number of nitrogens with one attached hydrogen (secondary N) is 1. The zero-order chi connectivity index (χ0) is 24.4. The predicted molar refractivity (Wildman–Crippen MR) is 142 cm³/mol. The zero-order valence-electron chi connectivity index (χ0n) is 19.5. The van der Waals surface area contributed by atoms with Gasteiger partial charge in [-0.25, -0.2) is 4.98 Å². The first-order valence-corrected chi connectivity index (χ1v) is 12.7. The number of aromatic nitrogens is 4. The second-order valence-electron chi connectivity index (χ2n) is 7.97. The fourth-order valence-corrected chi connectivity index (χ4v) is 5.46. The quantitative estimate of drug-likeness (QED) is 0.284. The minimum Gasteiger partial charge on any atom is -0.496 e. The van der Waals surface area contributed by atoms with Crippen LogP contribution in [0.1, 0.15) is 5.56 Å². The number of thiazole rings is 1. The van der Waals surface area contributed by atoms with Crippen molar-refractivity contribution in [2.24, 2.45) is 7.05 Å². The van der Waals surface area contributed by atoms with Gasteiger partial charge in [0.15, 0.2) is 11.0 Å². The van der Waals surface area contributed by atoms with Crippen molar-refractivity contribution in [1.29, 1.82) is 0 Å². The summed E-state index contributed by atoms with van der Waals surface area (Å²) in [5, 5.41) is 13.1. The van der Waals surface area contributed by atoms with E-state index in [9.17, 15) is 4.79 Å². The van der Waals surface area contributed by atoms with Crippen LogP contribution in [-0.4, -0.2) is 38.5 Å². The van der Waals surface area contributed by atoms with Crippen LogP contribution in [0.25, 0.3) is 32.2 Å². The van der Waals surface area contributed by atoms with Crippen LogP contribution in [0.4, 0.5) is 5.69 Å². The van der Waals surface area contributed by atoms with Gasteiger partial charge in [0.1, 0.15) is 10.8 Å². The Balaban J connectivity index is 1.22. The Hall–Kier alpha value is -3.69. The fraction of sp³-hybridized carbons (Fsp3) is 0.154. The van der Waals surface area contributed by atoms with Crippen LogP contribution < -0.4 is 10.1 Å². The summed E-state index contributed by atoms with van der Waals surface area (Å²) in [7, 11) is 3.51. The van der Waals surface area contributed by atoms with Gasteiger partial charge in [-0.05, 0) is 61.0 Å². The summed E-state index contributed by atoms with van der Waals surface area (Å²) in [5.74, 6) is 1.52. The molecule has 0 aliphatic rings. The molecule has 0 bridgehead atoms. The van der Waals surface area contributed by atoms with Gasteiger partial charge in [-0.2, -0.15) is 0 Å². The molecule has 0 spiro atoms. The lowest BCUT2D eigenvalue weighted by molar-refractivity contribution is -0.113. The molecule has 9 heteroatoms. The lowest BCUT2D eigenvalue weighted by Crippen LogP contribution is -2.14. The van der Waals surface area contributed by atoms with Crippen molar-refractivity contribution in [3.05, 3.63) is 72.3 Å². The zero-order valence-corrected chi connectivity index (χ0v) is 21.1. The van der Waals surface area contributed by atoms with Crippen LogP contribution in [0.3, 0.4) is 0 Å². The van der Waals surface area contributed by atoms with Crippen LogP contribution in [0.5, 0.6) is 5.75 Å². The number of fused-ring (bicyclic) bond motifs is 1. The summed E-state index contributed by atoms with van der Waals surface area (Å²) >= 11 is 3.00. The predicted octanol–water partition coefficient (Wildman–Crippen LogP) is 5.81. The van der Waals surface area contributed by atoms with E-state index in [2.05, 4.69) is 34.6 Å². The number of ether oxygens (including phenoxy) is 1. The largest absolute Gasteiger partial charge is 0.496 e. The molecule has 0 aliphatic carbocycles. The average molecular weight is 502 g/mol. The Kier molecular flexibility index (Phi) is 6.52. The molecule has 1 N–H and O–H groups in total. The Bertz CT molecular complexity index is 1510. The maximum absolute atomic E-state index is 12.6. The number of rotatable bonds is 7. The lowest BCUT2D eigenvalue weighted by Gasteiger charge is -2.08. The second kappa shape index (κ2) is 9.89. The number of carbonyl (C=O) groups excluding carboxylic acids is 1. The van der Waals surface area contributed by atoms with E-state index < -0.39 is 0 Å². The van der Waals surface area contributed by atoms with E-state index in [1.165, 1.54) is 22.0 Å². The number of anilines is 1. The third-order valence-corrected chi connectivity index (χ3v) is 7.56. The smallest absolute Gasteiger partial charge is 0.234 e. The Labute approximate surface area is 211 Å². The van der Waals surface area contributed by atoms with Crippen LogP contribution in [0.2, 0.25) is 0 Å². The van der Waals surface area contributed by atoms with E-state index in [4.69, 9.17) is 9.72 Å². The molecule has 2 heterocycles. The normalized spacial score (nSPS) is 11.1. The molecular formula is C26H23N5O2S2. The minimum atomic E-state index is -0.111. The van der Waals surface area contributed by atoms with Gasteiger partial charge in [0.2, 0.25) is 5.91 Å². The number of nitrogens with zero attached hydrogens (tertiary/aromatic N) is 4. The Morgan fingerprint density at radius 1 is 1.09 bits per heavy atom.